The second kappa shape index (κ2) is 3.06. The third-order valence-corrected chi connectivity index (χ3v) is 2.56. The minimum Gasteiger partial charge on any atom is -0.477 e. The van der Waals surface area contributed by atoms with Crippen LogP contribution in [0.5, 0.6) is 0 Å². The molecule has 0 unspecified atom stereocenters. The van der Waals surface area contributed by atoms with Crippen molar-refractivity contribution in [3.63, 3.8) is 0 Å². The number of carboxylic acid groups (broad SMARTS) is 1. The molecule has 2 aliphatic rings. The molecule has 1 aromatic rings. The molecule has 6 heteroatoms. The van der Waals surface area contributed by atoms with Crippen LogP contribution in [-0.4, -0.2) is 22.6 Å². The Hall–Kier alpha value is -2.37. The first-order chi connectivity index (χ1) is 7.77. The van der Waals surface area contributed by atoms with E-state index in [1.54, 1.807) is 12.3 Å². The van der Waals surface area contributed by atoms with E-state index in [9.17, 15) is 4.79 Å². The summed E-state index contributed by atoms with van der Waals surface area (Å²) in [5.74, 6) is -0.993. The van der Waals surface area contributed by atoms with Gasteiger partial charge in [-0.25, -0.2) is 4.79 Å². The van der Waals surface area contributed by atoms with E-state index in [1.807, 2.05) is 6.07 Å². The molecule has 3 rings (SSSR count). The van der Waals surface area contributed by atoms with Crippen molar-refractivity contribution < 1.29 is 9.90 Å². The van der Waals surface area contributed by atoms with Crippen LogP contribution in [-0.2, 0) is 4.79 Å². The molecule has 0 amide bonds. The predicted octanol–water partition coefficient (Wildman–Crippen LogP) is -1.73. The second-order valence-corrected chi connectivity index (χ2v) is 3.47. The maximum Gasteiger partial charge on any atom is 0.354 e. The van der Waals surface area contributed by atoms with Gasteiger partial charge in [-0.2, -0.15) is 0 Å². The van der Waals surface area contributed by atoms with Gasteiger partial charge < -0.3 is 5.11 Å². The van der Waals surface area contributed by atoms with Crippen LogP contribution in [0.2, 0.25) is 0 Å². The average molecular weight is 216 g/mol. The molecule has 2 aliphatic heterocycles. The molecule has 6 nitrogen and oxygen atoms in total. The highest BCUT2D eigenvalue weighted by Gasteiger charge is 2.26. The van der Waals surface area contributed by atoms with Crippen LogP contribution in [0.25, 0.3) is 5.70 Å². The zero-order valence-corrected chi connectivity index (χ0v) is 8.19. The number of nitrogens with one attached hydrogen (secondary N) is 2. The standard InChI is InChI=1S/C10H8N4O2/c15-10(16)8-5-4-12-6-2-1-3-11-9(6)7(5)13-14-8/h1-3,13-14H,4H2,(H,15,16). The molecule has 0 saturated heterocycles. The first-order valence-corrected chi connectivity index (χ1v) is 4.76. The lowest BCUT2D eigenvalue weighted by molar-refractivity contribution is -0.133. The zero-order chi connectivity index (χ0) is 11.1. The molecular weight excluding hydrogens is 208 g/mol. The first kappa shape index (κ1) is 8.90. The highest BCUT2D eigenvalue weighted by Crippen LogP contribution is 2.17. The van der Waals surface area contributed by atoms with Gasteiger partial charge in [-0.1, -0.05) is 0 Å². The molecule has 0 bridgehead atoms. The van der Waals surface area contributed by atoms with Crippen molar-refractivity contribution >= 4 is 11.7 Å². The van der Waals surface area contributed by atoms with Gasteiger partial charge in [-0.15, -0.1) is 0 Å². The number of hydrogen-bond acceptors (Lipinski definition) is 5. The van der Waals surface area contributed by atoms with Crippen LogP contribution in [0.15, 0.2) is 34.6 Å². The van der Waals surface area contributed by atoms with Gasteiger partial charge in [0.1, 0.15) is 11.0 Å². The summed E-state index contributed by atoms with van der Waals surface area (Å²) in [7, 11) is 0. The molecule has 0 fully saturated rings. The summed E-state index contributed by atoms with van der Waals surface area (Å²) < 4.78 is 0. The lowest BCUT2D eigenvalue weighted by Crippen LogP contribution is -2.38. The van der Waals surface area contributed by atoms with Crippen LogP contribution >= 0.6 is 0 Å². The Labute approximate surface area is 90.0 Å². The van der Waals surface area contributed by atoms with Gasteiger partial charge in [0.05, 0.1) is 17.6 Å². The highest BCUT2D eigenvalue weighted by atomic mass is 16.4. The molecule has 0 aromatic carbocycles. The quantitative estimate of drug-likeness (QED) is 0.519. The number of aliphatic carboxylic acids is 1. The highest BCUT2D eigenvalue weighted by molar-refractivity contribution is 5.92. The Bertz CT molecular complexity index is 632. The number of rotatable bonds is 1. The fourth-order valence-corrected chi connectivity index (χ4v) is 1.82. The Morgan fingerprint density at radius 3 is 3.12 bits per heavy atom. The molecule has 80 valence electrons. The fraction of sp³-hybridized carbons (Fsp3) is 0.100. The summed E-state index contributed by atoms with van der Waals surface area (Å²) >= 11 is 0. The Morgan fingerprint density at radius 1 is 1.44 bits per heavy atom. The number of carboxylic acids is 1. The topological polar surface area (TPSA) is 86.6 Å². The van der Waals surface area contributed by atoms with E-state index < -0.39 is 5.97 Å². The summed E-state index contributed by atoms with van der Waals surface area (Å²) in [6.07, 6.45) is 1.66. The minimum absolute atomic E-state index is 0.148. The number of hydrazine groups is 1. The number of fused-ring (bicyclic) bond motifs is 2. The minimum atomic E-state index is -0.993. The van der Waals surface area contributed by atoms with E-state index in [4.69, 9.17) is 5.11 Å². The van der Waals surface area contributed by atoms with Crippen LogP contribution in [0, 0.1) is 0 Å². The van der Waals surface area contributed by atoms with Crippen LogP contribution in [0.4, 0.5) is 0 Å². The summed E-state index contributed by atoms with van der Waals surface area (Å²) in [6, 6.07) is 3.66. The van der Waals surface area contributed by atoms with Crippen molar-refractivity contribution in [2.75, 3.05) is 6.54 Å². The van der Waals surface area contributed by atoms with E-state index in [0.29, 0.717) is 23.2 Å². The average Bonchev–Trinajstić information content (AvgIpc) is 2.73. The van der Waals surface area contributed by atoms with E-state index in [0.717, 1.165) is 5.36 Å². The number of hydrogen-bond donors (Lipinski definition) is 3. The van der Waals surface area contributed by atoms with Crippen LogP contribution < -0.4 is 21.6 Å². The molecular formula is C10H8N4O2. The van der Waals surface area contributed by atoms with Crippen molar-refractivity contribution in [2.24, 2.45) is 4.99 Å². The lowest BCUT2D eigenvalue weighted by Gasteiger charge is -2.06. The number of pyridine rings is 1. The van der Waals surface area contributed by atoms with E-state index >= 15 is 0 Å². The Kier molecular flexibility index (Phi) is 1.70. The van der Waals surface area contributed by atoms with E-state index in [-0.39, 0.29) is 5.70 Å². The van der Waals surface area contributed by atoms with Gasteiger partial charge in [0.2, 0.25) is 0 Å². The number of carbonyl (C=O) groups is 1. The molecule has 0 spiro atoms. The van der Waals surface area contributed by atoms with Crippen molar-refractivity contribution in [3.05, 3.63) is 40.3 Å². The molecule has 0 radical (unpaired) electrons. The van der Waals surface area contributed by atoms with Crippen molar-refractivity contribution in [3.8, 4) is 0 Å². The summed E-state index contributed by atoms with van der Waals surface area (Å²) in [4.78, 5) is 19.4. The van der Waals surface area contributed by atoms with Crippen molar-refractivity contribution in [2.45, 2.75) is 0 Å². The lowest BCUT2D eigenvalue weighted by atomic mass is 10.1. The molecule has 1 aromatic heterocycles. The van der Waals surface area contributed by atoms with Gasteiger partial charge >= 0.3 is 5.97 Å². The van der Waals surface area contributed by atoms with Gasteiger partial charge in [-0.3, -0.25) is 20.8 Å². The van der Waals surface area contributed by atoms with Gasteiger partial charge in [0, 0.05) is 11.8 Å². The second-order valence-electron chi connectivity index (χ2n) is 3.47. The third kappa shape index (κ3) is 1.10. The van der Waals surface area contributed by atoms with Crippen LogP contribution in [0.3, 0.4) is 0 Å². The zero-order valence-electron chi connectivity index (χ0n) is 8.19. The largest absolute Gasteiger partial charge is 0.477 e. The Balaban J connectivity index is 2.34. The number of aromatic nitrogens is 1. The van der Waals surface area contributed by atoms with E-state index in [1.165, 1.54) is 0 Å². The third-order valence-electron chi connectivity index (χ3n) is 2.56. The maximum atomic E-state index is 10.9. The van der Waals surface area contributed by atoms with Crippen molar-refractivity contribution in [1.29, 1.82) is 0 Å². The first-order valence-electron chi connectivity index (χ1n) is 4.76. The monoisotopic (exact) mass is 216 g/mol. The normalized spacial score (nSPS) is 16.9. The predicted molar refractivity (Wildman–Crippen MR) is 54.2 cm³/mol. The fourth-order valence-electron chi connectivity index (χ4n) is 1.82. The Morgan fingerprint density at radius 2 is 2.31 bits per heavy atom. The summed E-state index contributed by atoms with van der Waals surface area (Å²) in [5, 5.41) is 10.4. The molecule has 0 aliphatic carbocycles. The number of nitrogens with zero attached hydrogens (tertiary/aromatic N) is 2. The van der Waals surface area contributed by atoms with Crippen LogP contribution in [0.1, 0.15) is 0 Å². The molecule has 3 N–H and O–H groups in total. The molecule has 0 saturated carbocycles. The van der Waals surface area contributed by atoms with Gasteiger partial charge in [-0.05, 0) is 12.1 Å². The SMILES string of the molecule is O=C(O)C1=C2CN=c3cccnc3=C2NN1. The van der Waals surface area contributed by atoms with E-state index in [2.05, 4.69) is 20.8 Å². The van der Waals surface area contributed by atoms with Crippen molar-refractivity contribution in [1.82, 2.24) is 15.8 Å². The smallest absolute Gasteiger partial charge is 0.354 e. The maximum absolute atomic E-state index is 10.9. The molecule has 0 atom stereocenters. The van der Waals surface area contributed by atoms with Gasteiger partial charge in [0.15, 0.2) is 0 Å². The summed E-state index contributed by atoms with van der Waals surface area (Å²) in [5.41, 5.74) is 6.98. The molecule has 3 heterocycles. The summed E-state index contributed by atoms with van der Waals surface area (Å²) in [6.45, 7) is 0.357. The molecule has 16 heavy (non-hydrogen) atoms. The van der Waals surface area contributed by atoms with Gasteiger partial charge in [0.25, 0.3) is 0 Å².